The number of benzene rings is 7. The molecular formula is C45H38N4O5. The third-order valence-corrected chi connectivity index (χ3v) is 9.42. The van der Waals surface area contributed by atoms with Gasteiger partial charge in [-0.05, 0) is 38.1 Å². The number of nitrogens with zero attached hydrogens (tertiary/aromatic N) is 2. The van der Waals surface area contributed by atoms with Gasteiger partial charge in [-0.25, -0.2) is 9.98 Å². The number of fused-ring (bicyclic) bond motifs is 6. The van der Waals surface area contributed by atoms with Crippen molar-refractivity contribution >= 4 is 50.3 Å². The van der Waals surface area contributed by atoms with Crippen molar-refractivity contribution in [3.8, 4) is 11.5 Å². The lowest BCUT2D eigenvalue weighted by Crippen LogP contribution is -2.22. The number of ketones is 3. The van der Waals surface area contributed by atoms with Gasteiger partial charge in [-0.3, -0.25) is 14.4 Å². The standard InChI is InChI=1S/C22H16N2O2.C14H10N2O2.C8H8O.CH4/c1-22(13-7-3-2-4-8-13)23-17-12-11-16-18(19(17)24-22)21(26)15-10-6-5-9-14(15)20(16)25;15-10-6-5-9-11(12(10)16)14(18)8-4-2-1-3-7(8)13(9)17;1-7(9)8-5-3-2-4-6-8;/h2-12,25-26H,1H3;1-6H,15-16H2;2-6H,1H3;1H4. The molecule has 2 aliphatic rings. The highest BCUT2D eigenvalue weighted by molar-refractivity contribution is 6.30. The molecule has 7 aromatic rings. The monoisotopic (exact) mass is 714 g/mol. The van der Waals surface area contributed by atoms with Crippen LogP contribution in [0.25, 0.3) is 21.5 Å². The van der Waals surface area contributed by atoms with E-state index in [2.05, 4.69) is 0 Å². The first kappa shape index (κ1) is 36.7. The van der Waals surface area contributed by atoms with Gasteiger partial charge in [-0.15, -0.1) is 0 Å². The van der Waals surface area contributed by atoms with E-state index in [4.69, 9.17) is 21.5 Å². The lowest BCUT2D eigenvalue weighted by atomic mass is 9.83. The number of aromatic hydroxyl groups is 2. The summed E-state index contributed by atoms with van der Waals surface area (Å²) in [7, 11) is 0. The summed E-state index contributed by atoms with van der Waals surface area (Å²) in [5, 5.41) is 25.3. The molecule has 9 heteroatoms. The van der Waals surface area contributed by atoms with Crippen molar-refractivity contribution in [2.45, 2.75) is 26.9 Å². The van der Waals surface area contributed by atoms with Gasteiger partial charge >= 0.3 is 0 Å². The SMILES string of the molecule is C.CC(=O)c1ccccc1.CC1(c2ccccc2)N=c2ccc3c(O)c4ccccc4c(O)c3c2=N1.Nc1ccc2c(c1N)C(=O)c1ccccc1C2=O. The molecule has 0 radical (unpaired) electrons. The first-order chi connectivity index (χ1) is 25.5. The topological polar surface area (TPSA) is 168 Å². The van der Waals surface area contributed by atoms with Gasteiger partial charge < -0.3 is 21.7 Å². The Kier molecular flexibility index (Phi) is 9.83. The third-order valence-electron chi connectivity index (χ3n) is 9.42. The highest BCUT2D eigenvalue weighted by Crippen LogP contribution is 2.40. The van der Waals surface area contributed by atoms with Crippen LogP contribution >= 0.6 is 0 Å². The molecule has 1 atom stereocenters. The molecule has 7 aromatic carbocycles. The molecule has 0 aromatic heterocycles. The lowest BCUT2D eigenvalue weighted by molar-refractivity contribution is 0.0980. The Hall–Kier alpha value is -7.13. The molecule has 1 aliphatic carbocycles. The molecule has 0 amide bonds. The molecular weight excluding hydrogens is 677 g/mol. The predicted molar refractivity (Wildman–Crippen MR) is 213 cm³/mol. The maximum Gasteiger partial charge on any atom is 0.196 e. The van der Waals surface area contributed by atoms with Crippen LogP contribution < -0.4 is 22.2 Å². The van der Waals surface area contributed by atoms with E-state index in [0.29, 0.717) is 54.6 Å². The first-order valence-electron chi connectivity index (χ1n) is 16.8. The van der Waals surface area contributed by atoms with Crippen LogP contribution in [-0.2, 0) is 5.66 Å². The van der Waals surface area contributed by atoms with Crippen LogP contribution in [-0.4, -0.2) is 27.6 Å². The number of Topliss-reactive ketones (excluding diaryl/α,β-unsaturated/α-hetero) is 1. The molecule has 1 heterocycles. The van der Waals surface area contributed by atoms with Crippen molar-refractivity contribution in [3.05, 3.63) is 178 Å². The van der Waals surface area contributed by atoms with Crippen molar-refractivity contribution < 1.29 is 24.6 Å². The van der Waals surface area contributed by atoms with Crippen LogP contribution in [0.1, 0.15) is 69.0 Å². The molecule has 0 fully saturated rings. The van der Waals surface area contributed by atoms with Crippen LogP contribution in [0.5, 0.6) is 11.5 Å². The van der Waals surface area contributed by atoms with Gasteiger partial charge in [0.05, 0.1) is 33.0 Å². The van der Waals surface area contributed by atoms with E-state index in [1.807, 2.05) is 85.8 Å². The van der Waals surface area contributed by atoms with E-state index >= 15 is 0 Å². The van der Waals surface area contributed by atoms with E-state index in [1.54, 1.807) is 61.5 Å². The minimum Gasteiger partial charge on any atom is -0.507 e. The quantitative estimate of drug-likeness (QED) is 0.0616. The highest BCUT2D eigenvalue weighted by atomic mass is 16.3. The number of carbonyl (C=O) groups excluding carboxylic acids is 3. The Balaban J connectivity index is 0.000000154. The van der Waals surface area contributed by atoms with E-state index in [0.717, 1.165) is 11.1 Å². The van der Waals surface area contributed by atoms with Crippen LogP contribution in [0.2, 0.25) is 0 Å². The number of nitrogen functional groups attached to an aromatic ring is 2. The number of anilines is 2. The third kappa shape index (κ3) is 6.32. The van der Waals surface area contributed by atoms with Crippen LogP contribution in [0.3, 0.4) is 0 Å². The summed E-state index contributed by atoms with van der Waals surface area (Å²) >= 11 is 0. The van der Waals surface area contributed by atoms with Gasteiger partial charge in [0, 0.05) is 44.0 Å². The van der Waals surface area contributed by atoms with Crippen molar-refractivity contribution in [2.24, 2.45) is 9.98 Å². The van der Waals surface area contributed by atoms with Gasteiger partial charge in [0.15, 0.2) is 23.0 Å². The molecule has 1 aliphatic heterocycles. The second kappa shape index (κ2) is 14.5. The molecule has 0 saturated carbocycles. The molecule has 0 saturated heterocycles. The van der Waals surface area contributed by atoms with Gasteiger partial charge in [0.25, 0.3) is 0 Å². The fourth-order valence-corrected chi connectivity index (χ4v) is 6.66. The van der Waals surface area contributed by atoms with Crippen LogP contribution in [0, 0.1) is 0 Å². The first-order valence-corrected chi connectivity index (χ1v) is 16.8. The molecule has 9 nitrogen and oxygen atoms in total. The van der Waals surface area contributed by atoms with Gasteiger partial charge in [-0.1, -0.05) is 117 Å². The predicted octanol–water partition coefficient (Wildman–Crippen LogP) is 7.68. The average molecular weight is 715 g/mol. The van der Waals surface area contributed by atoms with E-state index in [1.165, 1.54) is 0 Å². The Bertz CT molecular complexity index is 2750. The number of hydrogen-bond acceptors (Lipinski definition) is 9. The number of phenolic OH excluding ortho intramolecular Hbond substituents is 2. The number of nitrogens with two attached hydrogens (primary N) is 2. The molecule has 0 bridgehead atoms. The van der Waals surface area contributed by atoms with Gasteiger partial charge in [0.1, 0.15) is 11.5 Å². The molecule has 54 heavy (non-hydrogen) atoms. The van der Waals surface area contributed by atoms with Crippen LogP contribution in [0.15, 0.2) is 143 Å². The van der Waals surface area contributed by atoms with Crippen molar-refractivity contribution in [1.82, 2.24) is 0 Å². The zero-order chi connectivity index (χ0) is 37.4. The Morgan fingerprint density at radius 3 is 1.78 bits per heavy atom. The molecule has 9 rings (SSSR count). The smallest absolute Gasteiger partial charge is 0.196 e. The Labute approximate surface area is 311 Å². The maximum atomic E-state index is 12.3. The van der Waals surface area contributed by atoms with Gasteiger partial charge in [-0.2, -0.15) is 0 Å². The number of carbonyl (C=O) groups is 3. The zero-order valence-corrected chi connectivity index (χ0v) is 28.9. The normalized spacial score (nSPS) is 14.8. The van der Waals surface area contributed by atoms with Crippen molar-refractivity contribution in [3.63, 3.8) is 0 Å². The summed E-state index contributed by atoms with van der Waals surface area (Å²) in [4.78, 5) is 44.9. The number of rotatable bonds is 2. The number of phenols is 2. The summed E-state index contributed by atoms with van der Waals surface area (Å²) in [5.41, 5.74) is 14.3. The summed E-state index contributed by atoms with van der Waals surface area (Å²) < 4.78 is 0. The fraction of sp³-hybridized carbons (Fsp3) is 0.0889. The summed E-state index contributed by atoms with van der Waals surface area (Å²) in [6.07, 6.45) is 0. The molecule has 0 spiro atoms. The Morgan fingerprint density at radius 1 is 0.611 bits per heavy atom. The summed E-state index contributed by atoms with van der Waals surface area (Å²) in [6.45, 7) is 3.52. The zero-order valence-electron chi connectivity index (χ0n) is 28.9. The van der Waals surface area contributed by atoms with Gasteiger partial charge in [0.2, 0.25) is 0 Å². The second-order valence-corrected chi connectivity index (χ2v) is 12.8. The lowest BCUT2D eigenvalue weighted by Gasteiger charge is -2.19. The highest BCUT2D eigenvalue weighted by Gasteiger charge is 2.32. The van der Waals surface area contributed by atoms with E-state index < -0.39 is 5.66 Å². The maximum absolute atomic E-state index is 12.3. The Morgan fingerprint density at radius 2 is 1.17 bits per heavy atom. The number of hydrogen-bond donors (Lipinski definition) is 4. The van der Waals surface area contributed by atoms with Crippen LogP contribution in [0.4, 0.5) is 11.4 Å². The average Bonchev–Trinajstić information content (AvgIpc) is 3.55. The summed E-state index contributed by atoms with van der Waals surface area (Å²) in [6, 6.07) is 39.8. The fourth-order valence-electron chi connectivity index (χ4n) is 6.66. The van der Waals surface area contributed by atoms with Crippen molar-refractivity contribution in [2.75, 3.05) is 11.5 Å². The minimum atomic E-state index is -0.744. The molecule has 6 N–H and O–H groups in total. The summed E-state index contributed by atoms with van der Waals surface area (Å²) in [5.74, 6) is -0.0336. The second-order valence-electron chi connectivity index (χ2n) is 12.8. The molecule has 268 valence electrons. The van der Waals surface area contributed by atoms with Crippen molar-refractivity contribution in [1.29, 1.82) is 0 Å². The largest absolute Gasteiger partial charge is 0.507 e. The molecule has 1 unspecified atom stereocenters. The van der Waals surface area contributed by atoms with E-state index in [9.17, 15) is 24.6 Å². The minimum absolute atomic E-state index is 0. The van der Waals surface area contributed by atoms with E-state index in [-0.39, 0.29) is 47.5 Å².